The minimum atomic E-state index is 0.445. The minimum absolute atomic E-state index is 0.445. The van der Waals surface area contributed by atoms with Crippen LogP contribution in [0.3, 0.4) is 0 Å². The second-order valence-corrected chi connectivity index (χ2v) is 7.05. The summed E-state index contributed by atoms with van der Waals surface area (Å²) in [6.45, 7) is 4.91. The van der Waals surface area contributed by atoms with Gasteiger partial charge in [0.25, 0.3) is 0 Å². The first-order valence-corrected chi connectivity index (χ1v) is 9.36. The lowest BCUT2D eigenvalue weighted by Gasteiger charge is -2.04. The fraction of sp³-hybridized carbons (Fsp3) is 0.143. The van der Waals surface area contributed by atoms with Crippen molar-refractivity contribution in [2.45, 2.75) is 20.4 Å². The summed E-state index contributed by atoms with van der Waals surface area (Å²) in [5.74, 6) is 0. The van der Waals surface area contributed by atoms with Gasteiger partial charge in [-0.1, -0.05) is 42.5 Å². The second-order valence-electron chi connectivity index (χ2n) is 6.67. The Labute approximate surface area is 168 Å². The Balaban J connectivity index is 1.75. The molecule has 1 N–H and O–H groups in total. The van der Waals surface area contributed by atoms with Crippen LogP contribution in [0.15, 0.2) is 66.2 Å². The van der Waals surface area contributed by atoms with Gasteiger partial charge in [0.1, 0.15) is 12.0 Å². The topological polar surface area (TPSA) is 63.8 Å². The third-order valence-corrected chi connectivity index (χ3v) is 4.89. The van der Waals surface area contributed by atoms with Crippen LogP contribution in [0.1, 0.15) is 22.3 Å². The number of aryl methyl sites for hydroxylation is 2. The maximum atomic E-state index is 5.16. The first-order chi connectivity index (χ1) is 13.6. The van der Waals surface area contributed by atoms with Crippen LogP contribution in [0.25, 0.3) is 11.3 Å². The first-order valence-electron chi connectivity index (χ1n) is 8.95. The first kappa shape index (κ1) is 18.1. The van der Waals surface area contributed by atoms with Gasteiger partial charge < -0.3 is 0 Å². The number of rotatable bonds is 5. The van der Waals surface area contributed by atoms with Crippen molar-refractivity contribution in [3.05, 3.63) is 88.1 Å². The lowest BCUT2D eigenvalue weighted by molar-refractivity contribution is 0.689. The molecule has 0 radical (unpaired) electrons. The molecule has 7 heteroatoms. The average Bonchev–Trinajstić information content (AvgIpc) is 3.29. The number of aromatic amines is 1. The normalized spacial score (nSPS) is 11.4. The number of nitrogens with zero attached hydrogens (tertiary/aromatic N) is 5. The molecule has 6 nitrogen and oxygen atoms in total. The van der Waals surface area contributed by atoms with Crippen LogP contribution in [0.4, 0.5) is 0 Å². The van der Waals surface area contributed by atoms with Crippen molar-refractivity contribution in [1.82, 2.24) is 24.7 Å². The van der Waals surface area contributed by atoms with Gasteiger partial charge in [-0.05, 0) is 48.8 Å². The van der Waals surface area contributed by atoms with Gasteiger partial charge in [-0.15, -0.1) is 0 Å². The number of aromatic nitrogens is 5. The zero-order valence-corrected chi connectivity index (χ0v) is 16.5. The summed E-state index contributed by atoms with van der Waals surface area (Å²) in [5, 5.41) is 15.9. The average molecular weight is 389 g/mol. The fourth-order valence-electron chi connectivity index (χ4n) is 2.94. The zero-order chi connectivity index (χ0) is 19.5. The number of hydrogen-bond acceptors (Lipinski definition) is 4. The van der Waals surface area contributed by atoms with Gasteiger partial charge >= 0.3 is 0 Å². The summed E-state index contributed by atoms with van der Waals surface area (Å²) in [7, 11) is 0. The molecular weight excluding hydrogens is 368 g/mol. The Hall–Kier alpha value is -3.32. The van der Waals surface area contributed by atoms with Crippen LogP contribution < -0.4 is 0 Å². The Morgan fingerprint density at radius 3 is 2.64 bits per heavy atom. The number of benzene rings is 2. The van der Waals surface area contributed by atoms with E-state index in [1.807, 2.05) is 29.1 Å². The number of H-pyrrole nitrogens is 1. The molecule has 0 bridgehead atoms. The largest absolute Gasteiger partial charge is 0.267 e. The van der Waals surface area contributed by atoms with Crippen molar-refractivity contribution in [2.24, 2.45) is 5.10 Å². The highest BCUT2D eigenvalue weighted by molar-refractivity contribution is 7.71. The number of hydrogen-bond donors (Lipinski definition) is 1. The SMILES string of the molecule is Cc1ccc(-c2nn(Cc3ccccc3)cc2/C=N\n2cn[nH]c2=S)cc1C. The van der Waals surface area contributed by atoms with Crippen LogP contribution in [0.5, 0.6) is 0 Å². The van der Waals surface area contributed by atoms with Crippen LogP contribution in [0, 0.1) is 18.6 Å². The molecule has 2 heterocycles. The Kier molecular flexibility index (Phi) is 4.99. The van der Waals surface area contributed by atoms with Crippen molar-refractivity contribution < 1.29 is 0 Å². The third-order valence-electron chi connectivity index (χ3n) is 4.61. The van der Waals surface area contributed by atoms with E-state index in [-0.39, 0.29) is 0 Å². The van der Waals surface area contributed by atoms with Crippen LogP contribution in [-0.4, -0.2) is 30.9 Å². The van der Waals surface area contributed by atoms with Crippen LogP contribution >= 0.6 is 12.2 Å². The summed E-state index contributed by atoms with van der Waals surface area (Å²) in [4.78, 5) is 0. The highest BCUT2D eigenvalue weighted by Gasteiger charge is 2.11. The molecule has 2 aromatic carbocycles. The van der Waals surface area contributed by atoms with Gasteiger partial charge in [-0.25, -0.2) is 0 Å². The van der Waals surface area contributed by atoms with Gasteiger partial charge in [-0.3, -0.25) is 9.78 Å². The molecule has 0 unspecified atom stereocenters. The van der Waals surface area contributed by atoms with E-state index in [0.29, 0.717) is 11.3 Å². The van der Waals surface area contributed by atoms with Crippen molar-refractivity contribution >= 4 is 18.4 Å². The van der Waals surface area contributed by atoms with E-state index >= 15 is 0 Å². The Bertz CT molecular complexity index is 1180. The summed E-state index contributed by atoms with van der Waals surface area (Å²) < 4.78 is 3.91. The van der Waals surface area contributed by atoms with Crippen molar-refractivity contribution in [3.8, 4) is 11.3 Å². The van der Waals surface area contributed by atoms with Crippen LogP contribution in [-0.2, 0) is 6.54 Å². The van der Waals surface area contributed by atoms with Crippen molar-refractivity contribution in [1.29, 1.82) is 0 Å². The molecule has 0 aliphatic rings. The molecule has 28 heavy (non-hydrogen) atoms. The number of nitrogens with one attached hydrogen (secondary N) is 1. The fourth-order valence-corrected chi connectivity index (χ4v) is 3.09. The molecule has 4 aromatic rings. The smallest absolute Gasteiger partial charge is 0.216 e. The van der Waals surface area contributed by atoms with E-state index in [1.54, 1.807) is 12.5 Å². The molecule has 0 aliphatic carbocycles. The molecule has 0 saturated heterocycles. The van der Waals surface area contributed by atoms with Crippen LogP contribution in [0.2, 0.25) is 0 Å². The predicted octanol–water partition coefficient (Wildman–Crippen LogP) is 4.35. The molecule has 0 amide bonds. The van der Waals surface area contributed by atoms with E-state index in [0.717, 1.165) is 16.8 Å². The molecule has 0 atom stereocenters. The molecular formula is C21H20N6S. The highest BCUT2D eigenvalue weighted by Crippen LogP contribution is 2.24. The van der Waals surface area contributed by atoms with Gasteiger partial charge in [0.05, 0.1) is 12.8 Å². The molecule has 2 aromatic heterocycles. The second kappa shape index (κ2) is 7.74. The van der Waals surface area contributed by atoms with E-state index in [2.05, 4.69) is 59.5 Å². The molecule has 0 spiro atoms. The standard InChI is InChI=1S/C21H20N6S/c1-15-8-9-18(10-16(15)2)20-19(11-23-27-14-22-24-21(27)28)13-26(25-20)12-17-6-4-3-5-7-17/h3-11,13-14H,12H2,1-2H3,(H,24,28)/b23-11-. The maximum absolute atomic E-state index is 5.16. The summed E-state index contributed by atoms with van der Waals surface area (Å²) in [6.07, 6.45) is 5.32. The maximum Gasteiger partial charge on any atom is 0.216 e. The quantitative estimate of drug-likeness (QED) is 0.408. The van der Waals surface area contributed by atoms with Gasteiger partial charge in [0.2, 0.25) is 4.77 Å². The summed E-state index contributed by atoms with van der Waals surface area (Å²) in [5.41, 5.74) is 6.55. The van der Waals surface area contributed by atoms with E-state index in [4.69, 9.17) is 17.3 Å². The molecule has 140 valence electrons. The van der Waals surface area contributed by atoms with E-state index in [9.17, 15) is 0 Å². The van der Waals surface area contributed by atoms with Crippen molar-refractivity contribution in [2.75, 3.05) is 0 Å². The molecule has 0 saturated carbocycles. The monoisotopic (exact) mass is 388 g/mol. The minimum Gasteiger partial charge on any atom is -0.267 e. The van der Waals surface area contributed by atoms with Crippen molar-refractivity contribution in [3.63, 3.8) is 0 Å². The lowest BCUT2D eigenvalue weighted by Crippen LogP contribution is -2.00. The van der Waals surface area contributed by atoms with Gasteiger partial charge in [-0.2, -0.15) is 20.0 Å². The Morgan fingerprint density at radius 2 is 1.93 bits per heavy atom. The highest BCUT2D eigenvalue weighted by atomic mass is 32.1. The van der Waals surface area contributed by atoms with Gasteiger partial charge in [0, 0.05) is 17.3 Å². The van der Waals surface area contributed by atoms with E-state index in [1.165, 1.54) is 21.4 Å². The predicted molar refractivity (Wildman–Crippen MR) is 113 cm³/mol. The Morgan fingerprint density at radius 1 is 1.11 bits per heavy atom. The summed E-state index contributed by atoms with van der Waals surface area (Å²) in [6, 6.07) is 16.6. The van der Waals surface area contributed by atoms with E-state index < -0.39 is 0 Å². The zero-order valence-electron chi connectivity index (χ0n) is 15.7. The third kappa shape index (κ3) is 3.84. The van der Waals surface area contributed by atoms with Gasteiger partial charge in [0.15, 0.2) is 0 Å². The lowest BCUT2D eigenvalue weighted by atomic mass is 10.0. The molecule has 0 fully saturated rings. The molecule has 4 rings (SSSR count). The summed E-state index contributed by atoms with van der Waals surface area (Å²) >= 11 is 5.16. The molecule has 0 aliphatic heterocycles.